The Bertz CT molecular complexity index is 1000. The molecule has 0 aliphatic heterocycles. The smallest absolute Gasteiger partial charge is 0.255 e. The van der Waals surface area contributed by atoms with Crippen LogP contribution in [0.4, 0.5) is 21.7 Å². The van der Waals surface area contributed by atoms with Crippen LogP contribution in [0.5, 0.6) is 0 Å². The molecule has 0 aliphatic rings. The maximum Gasteiger partial charge on any atom is 0.255 e. The summed E-state index contributed by atoms with van der Waals surface area (Å²) < 4.78 is 15.6. The minimum absolute atomic E-state index is 0.0332. The number of carbonyl (C=O) groups is 1. The lowest BCUT2D eigenvalue weighted by Crippen LogP contribution is -2.33. The minimum Gasteiger partial charge on any atom is -0.382 e. The van der Waals surface area contributed by atoms with Gasteiger partial charge in [0.15, 0.2) is 5.65 Å². The molecule has 0 saturated heterocycles. The van der Waals surface area contributed by atoms with Crippen molar-refractivity contribution in [2.75, 3.05) is 17.2 Å². The molecule has 0 bridgehead atoms. The average Bonchev–Trinajstić information content (AvgIpc) is 3.19. The zero-order valence-electron chi connectivity index (χ0n) is 17.7. The molecule has 30 heavy (non-hydrogen) atoms. The Morgan fingerprint density at radius 1 is 1.23 bits per heavy atom. The Balaban J connectivity index is 1.81. The van der Waals surface area contributed by atoms with Crippen molar-refractivity contribution in [1.82, 2.24) is 24.9 Å². The molecule has 3 heterocycles. The third-order valence-electron chi connectivity index (χ3n) is 4.86. The van der Waals surface area contributed by atoms with E-state index >= 15 is 0 Å². The highest BCUT2D eigenvalue weighted by atomic mass is 19.1. The lowest BCUT2D eigenvalue weighted by molar-refractivity contribution is 0.0935. The monoisotopic (exact) mass is 413 g/mol. The van der Waals surface area contributed by atoms with Gasteiger partial charge in [-0.1, -0.05) is 20.8 Å². The molecule has 0 aromatic carbocycles. The first kappa shape index (κ1) is 21.5. The summed E-state index contributed by atoms with van der Waals surface area (Å²) in [5, 5.41) is 13.3. The van der Waals surface area contributed by atoms with Gasteiger partial charge in [0.05, 0.1) is 17.4 Å². The van der Waals surface area contributed by atoms with Gasteiger partial charge in [-0.15, -0.1) is 0 Å². The molecular formula is C21H28FN7O. The molecule has 0 aliphatic carbocycles. The summed E-state index contributed by atoms with van der Waals surface area (Å²) in [6.45, 7) is 7.61. The lowest BCUT2D eigenvalue weighted by Gasteiger charge is -2.18. The van der Waals surface area contributed by atoms with Crippen LogP contribution in [0.15, 0.2) is 36.8 Å². The van der Waals surface area contributed by atoms with E-state index in [1.165, 1.54) is 6.20 Å². The van der Waals surface area contributed by atoms with Crippen LogP contribution in [0.3, 0.4) is 0 Å². The average molecular weight is 414 g/mol. The van der Waals surface area contributed by atoms with E-state index in [0.717, 1.165) is 6.42 Å². The van der Waals surface area contributed by atoms with Crippen LogP contribution >= 0.6 is 0 Å². The van der Waals surface area contributed by atoms with Gasteiger partial charge in [-0.05, 0) is 25.3 Å². The number of nitrogens with zero attached hydrogens (tertiary/aromatic N) is 4. The molecule has 2 atom stereocenters. The van der Waals surface area contributed by atoms with E-state index in [1.54, 1.807) is 49.0 Å². The fraction of sp³-hybridized carbons (Fsp3) is 0.429. The first-order chi connectivity index (χ1) is 14.4. The number of nitrogens with one attached hydrogen (secondary N) is 3. The van der Waals surface area contributed by atoms with Crippen molar-refractivity contribution < 1.29 is 9.18 Å². The molecule has 160 valence electrons. The minimum atomic E-state index is -1.10. The van der Waals surface area contributed by atoms with Crippen LogP contribution in [0.1, 0.15) is 44.5 Å². The molecule has 0 saturated carbocycles. The second-order valence-corrected chi connectivity index (χ2v) is 7.61. The molecule has 3 aromatic heterocycles. The number of amides is 1. The molecule has 8 nitrogen and oxygen atoms in total. The second-order valence-electron chi connectivity index (χ2n) is 7.61. The molecule has 2 unspecified atom stereocenters. The van der Waals surface area contributed by atoms with Gasteiger partial charge in [0.2, 0.25) is 0 Å². The maximum absolute atomic E-state index is 13.9. The van der Waals surface area contributed by atoms with Crippen LogP contribution in [0, 0.1) is 5.92 Å². The molecule has 3 rings (SSSR count). The molecular weight excluding hydrogens is 385 g/mol. The first-order valence-electron chi connectivity index (χ1n) is 10.1. The standard InChI is InChI=1S/C21H28FN7O/c1-5-14(4)26-17-10-19(27-18-7-9-29-20(28-18)6-8-25-29)23-11-15(17)21(30)24-12-16(22)13(2)3/h6-11,13-14,16H,5,12H2,1-4H3,(H,24,30)(H2,23,26,27,28). The van der Waals surface area contributed by atoms with Gasteiger partial charge in [-0.2, -0.15) is 5.10 Å². The molecule has 9 heteroatoms. The van der Waals surface area contributed by atoms with Gasteiger partial charge >= 0.3 is 0 Å². The molecule has 0 spiro atoms. The summed E-state index contributed by atoms with van der Waals surface area (Å²) in [5.41, 5.74) is 1.71. The van der Waals surface area contributed by atoms with Crippen molar-refractivity contribution in [1.29, 1.82) is 0 Å². The zero-order valence-corrected chi connectivity index (χ0v) is 17.7. The Morgan fingerprint density at radius 3 is 2.77 bits per heavy atom. The van der Waals surface area contributed by atoms with Crippen LogP contribution in [0.2, 0.25) is 0 Å². The number of carbonyl (C=O) groups excluding carboxylic acids is 1. The summed E-state index contributed by atoms with van der Waals surface area (Å²) >= 11 is 0. The van der Waals surface area contributed by atoms with Crippen LogP contribution in [-0.2, 0) is 0 Å². The lowest BCUT2D eigenvalue weighted by atomic mass is 10.1. The third-order valence-corrected chi connectivity index (χ3v) is 4.86. The highest BCUT2D eigenvalue weighted by Crippen LogP contribution is 2.22. The van der Waals surface area contributed by atoms with E-state index in [-0.39, 0.29) is 24.4 Å². The van der Waals surface area contributed by atoms with Crippen molar-refractivity contribution in [2.45, 2.75) is 46.3 Å². The quantitative estimate of drug-likeness (QED) is 0.494. The Morgan fingerprint density at radius 2 is 2.03 bits per heavy atom. The normalized spacial score (nSPS) is 13.3. The molecule has 3 aromatic rings. The summed E-state index contributed by atoms with van der Waals surface area (Å²) in [4.78, 5) is 21.5. The predicted molar refractivity (Wildman–Crippen MR) is 116 cm³/mol. The fourth-order valence-corrected chi connectivity index (χ4v) is 2.73. The Hall–Kier alpha value is -3.23. The van der Waals surface area contributed by atoms with Crippen LogP contribution < -0.4 is 16.0 Å². The summed E-state index contributed by atoms with van der Waals surface area (Å²) in [6.07, 6.45) is 4.74. The first-order valence-corrected chi connectivity index (χ1v) is 10.1. The highest BCUT2D eigenvalue weighted by Gasteiger charge is 2.18. The van der Waals surface area contributed by atoms with Gasteiger partial charge in [0, 0.05) is 37.1 Å². The van der Waals surface area contributed by atoms with Gasteiger partial charge in [0.25, 0.3) is 5.91 Å². The Labute approximate surface area is 175 Å². The number of alkyl halides is 1. The van der Waals surface area contributed by atoms with E-state index in [1.807, 2.05) is 6.92 Å². The number of aromatic nitrogens is 4. The topological polar surface area (TPSA) is 96.2 Å². The zero-order chi connectivity index (χ0) is 21.7. The molecule has 1 amide bonds. The van der Waals surface area contributed by atoms with Crippen LogP contribution in [0.25, 0.3) is 5.65 Å². The largest absolute Gasteiger partial charge is 0.382 e. The molecule has 3 N–H and O–H groups in total. The maximum atomic E-state index is 13.9. The highest BCUT2D eigenvalue weighted by molar-refractivity contribution is 5.99. The van der Waals surface area contributed by atoms with Gasteiger partial charge in [-0.25, -0.2) is 18.9 Å². The number of rotatable bonds is 9. The number of hydrogen-bond donors (Lipinski definition) is 3. The van der Waals surface area contributed by atoms with Crippen molar-refractivity contribution >= 4 is 28.9 Å². The van der Waals surface area contributed by atoms with E-state index in [9.17, 15) is 9.18 Å². The van der Waals surface area contributed by atoms with Gasteiger partial charge in [-0.3, -0.25) is 4.79 Å². The van der Waals surface area contributed by atoms with E-state index in [0.29, 0.717) is 28.5 Å². The SMILES string of the molecule is CCC(C)Nc1cc(Nc2ccn3nccc3n2)ncc1C(=O)NCC(F)C(C)C. The third kappa shape index (κ3) is 5.22. The summed E-state index contributed by atoms with van der Waals surface area (Å²) in [6, 6.07) is 5.51. The second kappa shape index (κ2) is 9.51. The number of fused-ring (bicyclic) bond motifs is 1. The van der Waals surface area contributed by atoms with E-state index in [4.69, 9.17) is 0 Å². The van der Waals surface area contributed by atoms with Crippen molar-refractivity contribution in [3.8, 4) is 0 Å². The van der Waals surface area contributed by atoms with E-state index < -0.39 is 6.17 Å². The van der Waals surface area contributed by atoms with Crippen molar-refractivity contribution in [2.24, 2.45) is 5.92 Å². The molecule has 0 fully saturated rings. The molecule has 0 radical (unpaired) electrons. The number of anilines is 3. The van der Waals surface area contributed by atoms with Crippen molar-refractivity contribution in [3.05, 3.63) is 42.4 Å². The number of halogens is 1. The fourth-order valence-electron chi connectivity index (χ4n) is 2.73. The van der Waals surface area contributed by atoms with Crippen LogP contribution in [-0.4, -0.2) is 44.2 Å². The van der Waals surface area contributed by atoms with Gasteiger partial charge in [0.1, 0.15) is 17.8 Å². The number of hydrogen-bond acceptors (Lipinski definition) is 6. The summed E-state index contributed by atoms with van der Waals surface area (Å²) in [7, 11) is 0. The summed E-state index contributed by atoms with van der Waals surface area (Å²) in [5.74, 6) is 0.633. The van der Waals surface area contributed by atoms with Gasteiger partial charge < -0.3 is 16.0 Å². The number of pyridine rings is 1. The van der Waals surface area contributed by atoms with E-state index in [2.05, 4.69) is 37.9 Å². The van der Waals surface area contributed by atoms with Crippen molar-refractivity contribution in [3.63, 3.8) is 0 Å². The predicted octanol–water partition coefficient (Wildman–Crippen LogP) is 3.80. The Kier molecular flexibility index (Phi) is 6.81.